The quantitative estimate of drug-likeness (QED) is 0.319. The van der Waals surface area contributed by atoms with Crippen LogP contribution in [0.5, 0.6) is 11.5 Å². The monoisotopic (exact) mass is 506 g/mol. The summed E-state index contributed by atoms with van der Waals surface area (Å²) >= 11 is 6.21. The van der Waals surface area contributed by atoms with Crippen LogP contribution in [0.15, 0.2) is 67.1 Å². The number of aromatic amines is 1. The molecule has 2 amide bonds. The number of urea groups is 1. The van der Waals surface area contributed by atoms with E-state index < -0.39 is 11.8 Å². The second-order valence-corrected chi connectivity index (χ2v) is 8.53. The van der Waals surface area contributed by atoms with Crippen LogP contribution >= 0.6 is 11.6 Å². The molecule has 5 rings (SSSR count). The number of hydrogen-bond acceptors (Lipinski definition) is 6. The molecule has 9 nitrogen and oxygen atoms in total. The minimum atomic E-state index is -0.664. The molecular formula is C25H20ClFN6O3. The van der Waals surface area contributed by atoms with Gasteiger partial charge >= 0.3 is 6.03 Å². The van der Waals surface area contributed by atoms with Crippen LogP contribution in [0.2, 0.25) is 5.02 Å². The van der Waals surface area contributed by atoms with E-state index >= 15 is 0 Å². The van der Waals surface area contributed by atoms with Gasteiger partial charge in [0.15, 0.2) is 5.78 Å². The van der Waals surface area contributed by atoms with Gasteiger partial charge < -0.3 is 20.3 Å². The van der Waals surface area contributed by atoms with Crippen molar-refractivity contribution in [3.8, 4) is 22.8 Å². The minimum absolute atomic E-state index is 0.0681. The van der Waals surface area contributed by atoms with Crippen molar-refractivity contribution in [1.29, 1.82) is 0 Å². The molecule has 182 valence electrons. The third kappa shape index (κ3) is 5.44. The molecule has 0 saturated carbocycles. The summed E-state index contributed by atoms with van der Waals surface area (Å²) in [4.78, 5) is 30.4. The molecule has 1 fully saturated rings. The summed E-state index contributed by atoms with van der Waals surface area (Å²) < 4.78 is 20.3. The molecule has 2 aromatic heterocycles. The molecule has 1 aliphatic rings. The molecule has 4 aromatic rings. The Hall–Kier alpha value is -4.44. The van der Waals surface area contributed by atoms with Crippen LogP contribution in [0, 0.1) is 5.82 Å². The van der Waals surface area contributed by atoms with E-state index in [0.29, 0.717) is 47.4 Å². The summed E-state index contributed by atoms with van der Waals surface area (Å²) in [6.07, 6.45) is 5.40. The first-order valence-electron chi connectivity index (χ1n) is 11.0. The van der Waals surface area contributed by atoms with Gasteiger partial charge in [0.2, 0.25) is 0 Å². The minimum Gasteiger partial charge on any atom is -0.457 e. The van der Waals surface area contributed by atoms with Gasteiger partial charge in [-0.2, -0.15) is 5.10 Å². The van der Waals surface area contributed by atoms with E-state index in [1.165, 1.54) is 18.2 Å². The van der Waals surface area contributed by atoms with Gasteiger partial charge in [-0.3, -0.25) is 14.9 Å². The van der Waals surface area contributed by atoms with Gasteiger partial charge in [-0.05, 0) is 36.4 Å². The Morgan fingerprint density at radius 3 is 2.75 bits per heavy atom. The number of aromatic nitrogens is 3. The van der Waals surface area contributed by atoms with Gasteiger partial charge in [0, 0.05) is 59.5 Å². The molecule has 11 heteroatoms. The van der Waals surface area contributed by atoms with E-state index in [-0.39, 0.29) is 11.5 Å². The first-order valence-corrected chi connectivity index (χ1v) is 11.4. The average Bonchev–Trinajstić information content (AvgIpc) is 3.53. The van der Waals surface area contributed by atoms with Gasteiger partial charge in [-0.25, -0.2) is 9.18 Å². The number of amides is 2. The van der Waals surface area contributed by atoms with Gasteiger partial charge in [0.1, 0.15) is 17.3 Å². The number of carbonyl (C=O) groups is 2. The van der Waals surface area contributed by atoms with Crippen LogP contribution in [0.3, 0.4) is 0 Å². The Kier molecular flexibility index (Phi) is 6.50. The zero-order valence-corrected chi connectivity index (χ0v) is 19.6. The summed E-state index contributed by atoms with van der Waals surface area (Å²) in [5, 5.41) is 12.2. The third-order valence-electron chi connectivity index (χ3n) is 5.48. The highest BCUT2D eigenvalue weighted by molar-refractivity contribution is 6.31. The number of pyridine rings is 1. The molecule has 0 spiro atoms. The topological polar surface area (TPSA) is 112 Å². The maximum absolute atomic E-state index is 14.4. The zero-order chi connectivity index (χ0) is 25.1. The van der Waals surface area contributed by atoms with Crippen LogP contribution in [0.4, 0.5) is 26.2 Å². The van der Waals surface area contributed by atoms with Gasteiger partial charge in [-0.1, -0.05) is 11.6 Å². The lowest BCUT2D eigenvalue weighted by Crippen LogP contribution is -2.22. The standard InChI is InChI=1S/C25H20ClFN6O3/c26-16-7-17(9-18(8-16)33-6-4-19(34)14-33)31-25(35)32-24-11-20(1-2-22(24)27)36-21-3-5-28-23(10-21)15-12-29-30-13-15/h1-3,5,7-13H,4,6,14H2,(H,29,30)(H2,31,32,35). The Morgan fingerprint density at radius 1 is 1.11 bits per heavy atom. The van der Waals surface area contributed by atoms with E-state index in [1.807, 2.05) is 4.90 Å². The lowest BCUT2D eigenvalue weighted by molar-refractivity contribution is -0.116. The van der Waals surface area contributed by atoms with Crippen molar-refractivity contribution in [3.63, 3.8) is 0 Å². The van der Waals surface area contributed by atoms with Gasteiger partial charge in [-0.15, -0.1) is 0 Å². The molecule has 0 bridgehead atoms. The van der Waals surface area contributed by atoms with E-state index in [9.17, 15) is 14.0 Å². The number of ether oxygens (including phenoxy) is 1. The number of nitrogens with one attached hydrogen (secondary N) is 3. The van der Waals surface area contributed by atoms with E-state index in [2.05, 4.69) is 25.8 Å². The number of hydrogen-bond donors (Lipinski definition) is 3. The number of carbonyl (C=O) groups excluding carboxylic acids is 2. The molecule has 0 aliphatic carbocycles. The predicted octanol–water partition coefficient (Wildman–Crippen LogP) is 5.48. The fourth-order valence-electron chi connectivity index (χ4n) is 3.79. The van der Waals surface area contributed by atoms with Crippen molar-refractivity contribution in [2.45, 2.75) is 6.42 Å². The smallest absolute Gasteiger partial charge is 0.323 e. The second kappa shape index (κ2) is 10.0. The fourth-order valence-corrected chi connectivity index (χ4v) is 4.02. The fraction of sp³-hybridized carbons (Fsp3) is 0.120. The largest absolute Gasteiger partial charge is 0.457 e. The van der Waals surface area contributed by atoms with E-state index in [1.54, 1.807) is 48.9 Å². The first-order chi connectivity index (χ1) is 17.4. The Bertz CT molecular complexity index is 1430. The van der Waals surface area contributed by atoms with Crippen molar-refractivity contribution >= 4 is 40.5 Å². The van der Waals surface area contributed by atoms with Crippen molar-refractivity contribution in [1.82, 2.24) is 15.2 Å². The summed E-state index contributed by atoms with van der Waals surface area (Å²) in [5.41, 5.74) is 2.50. The van der Waals surface area contributed by atoms with Crippen LogP contribution < -0.4 is 20.3 Å². The normalized spacial score (nSPS) is 13.1. The van der Waals surface area contributed by atoms with Gasteiger partial charge in [0.05, 0.1) is 24.1 Å². The van der Waals surface area contributed by atoms with Crippen LogP contribution in [0.25, 0.3) is 11.3 Å². The number of anilines is 3. The molecule has 1 aliphatic heterocycles. The molecule has 1 saturated heterocycles. The number of Topliss-reactive ketones (excluding diaryl/α,β-unsaturated/α-hetero) is 1. The van der Waals surface area contributed by atoms with E-state index in [4.69, 9.17) is 16.3 Å². The second-order valence-electron chi connectivity index (χ2n) is 8.09. The molecule has 2 aromatic carbocycles. The highest BCUT2D eigenvalue weighted by Gasteiger charge is 2.20. The molecule has 3 N–H and O–H groups in total. The average molecular weight is 507 g/mol. The van der Waals surface area contributed by atoms with Crippen LogP contribution in [0.1, 0.15) is 6.42 Å². The number of nitrogens with zero attached hydrogens (tertiary/aromatic N) is 3. The Labute approximate surface area is 210 Å². The zero-order valence-electron chi connectivity index (χ0n) is 18.8. The van der Waals surface area contributed by atoms with Crippen molar-refractivity contribution in [2.24, 2.45) is 0 Å². The molecule has 36 heavy (non-hydrogen) atoms. The van der Waals surface area contributed by atoms with E-state index in [0.717, 1.165) is 11.3 Å². The lowest BCUT2D eigenvalue weighted by Gasteiger charge is -2.18. The molecule has 3 heterocycles. The number of rotatable bonds is 6. The third-order valence-corrected chi connectivity index (χ3v) is 5.70. The van der Waals surface area contributed by atoms with Crippen molar-refractivity contribution in [2.75, 3.05) is 28.6 Å². The maximum atomic E-state index is 14.4. The lowest BCUT2D eigenvalue weighted by atomic mass is 10.2. The molecule has 0 radical (unpaired) electrons. The number of benzene rings is 2. The summed E-state index contributed by atoms with van der Waals surface area (Å²) in [7, 11) is 0. The summed E-state index contributed by atoms with van der Waals surface area (Å²) in [5.74, 6) is 0.313. The highest BCUT2D eigenvalue weighted by atomic mass is 35.5. The Balaban J connectivity index is 1.28. The molecule has 0 atom stereocenters. The molecular weight excluding hydrogens is 487 g/mol. The van der Waals surface area contributed by atoms with Crippen molar-refractivity contribution < 1.29 is 18.7 Å². The van der Waals surface area contributed by atoms with Crippen LogP contribution in [-0.2, 0) is 4.79 Å². The Morgan fingerprint density at radius 2 is 1.97 bits per heavy atom. The number of ketones is 1. The summed E-state index contributed by atoms with van der Waals surface area (Å²) in [6.45, 7) is 0.884. The molecule has 0 unspecified atom stereocenters. The number of halogens is 2. The SMILES string of the molecule is O=C1CCN(c2cc(Cl)cc(NC(=O)Nc3cc(Oc4ccnc(-c5cn[nH]c5)c4)ccc3F)c2)C1. The van der Waals surface area contributed by atoms with Gasteiger partial charge in [0.25, 0.3) is 0 Å². The summed E-state index contributed by atoms with van der Waals surface area (Å²) in [6, 6.07) is 11.8. The first kappa shape index (κ1) is 23.3. The maximum Gasteiger partial charge on any atom is 0.323 e. The van der Waals surface area contributed by atoms with Crippen LogP contribution in [-0.4, -0.2) is 40.1 Å². The predicted molar refractivity (Wildman–Crippen MR) is 134 cm³/mol. The highest BCUT2D eigenvalue weighted by Crippen LogP contribution is 2.30. The number of H-pyrrole nitrogens is 1. The van der Waals surface area contributed by atoms with Crippen molar-refractivity contribution in [3.05, 3.63) is 78.0 Å².